The zero-order valence-electron chi connectivity index (χ0n) is 12.5. The second kappa shape index (κ2) is 7.66. The molecule has 0 aliphatic carbocycles. The summed E-state index contributed by atoms with van der Waals surface area (Å²) in [6.45, 7) is 3.86. The fourth-order valence-corrected chi connectivity index (χ4v) is 1.97. The first kappa shape index (κ1) is 16.1. The van der Waals surface area contributed by atoms with E-state index in [2.05, 4.69) is 15.6 Å². The smallest absolute Gasteiger partial charge is 0.328 e. The highest BCUT2D eigenvalue weighted by molar-refractivity contribution is 6.30. The van der Waals surface area contributed by atoms with Gasteiger partial charge in [-0.1, -0.05) is 11.6 Å². The van der Waals surface area contributed by atoms with E-state index in [9.17, 15) is 4.79 Å². The van der Waals surface area contributed by atoms with Crippen molar-refractivity contribution in [3.8, 4) is 0 Å². The van der Waals surface area contributed by atoms with Gasteiger partial charge in [0, 0.05) is 16.9 Å². The highest BCUT2D eigenvalue weighted by atomic mass is 35.5. The lowest BCUT2D eigenvalue weighted by atomic mass is 10.2. The van der Waals surface area contributed by atoms with E-state index in [1.165, 1.54) is 0 Å². The van der Waals surface area contributed by atoms with Gasteiger partial charge in [-0.25, -0.2) is 9.78 Å². The van der Waals surface area contributed by atoms with Crippen molar-refractivity contribution in [1.82, 2.24) is 4.98 Å². The number of nitrogens with one attached hydrogen (secondary N) is 2. The lowest BCUT2D eigenvalue weighted by molar-refractivity contribution is -0.143. The van der Waals surface area contributed by atoms with Crippen LogP contribution in [0.2, 0.25) is 5.02 Å². The van der Waals surface area contributed by atoms with Crippen LogP contribution in [0.4, 0.5) is 17.2 Å². The Morgan fingerprint density at radius 3 is 2.73 bits per heavy atom. The minimum atomic E-state index is -0.486. The molecule has 0 amide bonds. The average Bonchev–Trinajstić information content (AvgIpc) is 2.51. The Kier molecular flexibility index (Phi) is 5.61. The lowest BCUT2D eigenvalue weighted by Gasteiger charge is -2.16. The molecule has 2 rings (SSSR count). The quantitative estimate of drug-likeness (QED) is 0.792. The summed E-state index contributed by atoms with van der Waals surface area (Å²) < 4.78 is 4.98. The summed E-state index contributed by atoms with van der Waals surface area (Å²) in [5.41, 5.74) is 1.64. The summed E-state index contributed by atoms with van der Waals surface area (Å²) in [6.07, 6.45) is 1.66. The molecule has 0 spiro atoms. The first-order valence-electron chi connectivity index (χ1n) is 7.01. The molecule has 0 fully saturated rings. The number of esters is 1. The minimum absolute atomic E-state index is 0.314. The van der Waals surface area contributed by atoms with E-state index in [0.29, 0.717) is 17.4 Å². The Morgan fingerprint density at radius 2 is 2.05 bits per heavy atom. The third-order valence-electron chi connectivity index (χ3n) is 2.92. The molecular weight excluding hydrogens is 302 g/mol. The number of hydrogen-bond donors (Lipinski definition) is 2. The third kappa shape index (κ3) is 4.36. The lowest BCUT2D eigenvalue weighted by Crippen LogP contribution is -2.28. The van der Waals surface area contributed by atoms with Gasteiger partial charge < -0.3 is 15.4 Å². The molecule has 1 unspecified atom stereocenters. The number of ether oxygens (including phenoxy) is 1. The van der Waals surface area contributed by atoms with Gasteiger partial charge in [0.05, 0.1) is 12.3 Å². The van der Waals surface area contributed by atoms with Crippen molar-refractivity contribution in [3.63, 3.8) is 0 Å². The van der Waals surface area contributed by atoms with Crippen LogP contribution < -0.4 is 10.6 Å². The molecule has 1 heterocycles. The van der Waals surface area contributed by atoms with Gasteiger partial charge >= 0.3 is 5.97 Å². The number of benzene rings is 1. The first-order valence-corrected chi connectivity index (χ1v) is 7.38. The van der Waals surface area contributed by atoms with Crippen LogP contribution in [-0.2, 0) is 9.53 Å². The molecule has 1 atom stereocenters. The van der Waals surface area contributed by atoms with Crippen molar-refractivity contribution in [2.24, 2.45) is 0 Å². The molecule has 2 N–H and O–H groups in total. The molecule has 0 saturated heterocycles. The molecule has 1 aromatic carbocycles. The Morgan fingerprint density at radius 1 is 1.32 bits per heavy atom. The Balaban J connectivity index is 2.12. The zero-order chi connectivity index (χ0) is 15.9. The second-order valence-corrected chi connectivity index (χ2v) is 5.09. The van der Waals surface area contributed by atoms with Crippen molar-refractivity contribution < 1.29 is 9.53 Å². The third-order valence-corrected chi connectivity index (χ3v) is 3.18. The molecule has 1 aromatic heterocycles. The van der Waals surface area contributed by atoms with E-state index in [1.807, 2.05) is 24.3 Å². The predicted molar refractivity (Wildman–Crippen MR) is 88.7 cm³/mol. The van der Waals surface area contributed by atoms with Crippen LogP contribution in [0.3, 0.4) is 0 Å². The number of pyridine rings is 1. The zero-order valence-corrected chi connectivity index (χ0v) is 13.2. The number of aromatic nitrogens is 1. The van der Waals surface area contributed by atoms with E-state index >= 15 is 0 Å². The maximum Gasteiger partial charge on any atom is 0.328 e. The minimum Gasteiger partial charge on any atom is -0.464 e. The van der Waals surface area contributed by atoms with E-state index in [1.54, 1.807) is 32.2 Å². The number of rotatable bonds is 6. The summed E-state index contributed by atoms with van der Waals surface area (Å²) in [6, 6.07) is 10.5. The SMILES string of the molecule is CCOC(=O)C(C)Nc1ncccc1Nc1ccc(Cl)cc1. The van der Waals surface area contributed by atoms with Crippen LogP contribution in [0.15, 0.2) is 42.6 Å². The molecule has 0 radical (unpaired) electrons. The van der Waals surface area contributed by atoms with Gasteiger partial charge in [-0.2, -0.15) is 0 Å². The standard InChI is InChI=1S/C16H18ClN3O2/c1-3-22-16(21)11(2)19-15-14(5-4-10-18-15)20-13-8-6-12(17)7-9-13/h4-11,20H,3H2,1-2H3,(H,18,19). The summed E-state index contributed by atoms with van der Waals surface area (Å²) in [5, 5.41) is 6.96. The van der Waals surface area contributed by atoms with Crippen LogP contribution in [0.25, 0.3) is 0 Å². The van der Waals surface area contributed by atoms with Gasteiger partial charge in [0.1, 0.15) is 11.9 Å². The highest BCUT2D eigenvalue weighted by Crippen LogP contribution is 2.24. The maximum absolute atomic E-state index is 11.7. The first-order chi connectivity index (χ1) is 10.6. The Bertz CT molecular complexity index is 632. The molecule has 0 saturated carbocycles. The average molecular weight is 320 g/mol. The van der Waals surface area contributed by atoms with E-state index in [0.717, 1.165) is 11.4 Å². The van der Waals surface area contributed by atoms with Gasteiger partial charge in [-0.15, -0.1) is 0 Å². The Labute approximate surface area is 134 Å². The van der Waals surface area contributed by atoms with Gasteiger partial charge in [-0.05, 0) is 50.2 Å². The van der Waals surface area contributed by atoms with E-state index < -0.39 is 6.04 Å². The number of carbonyl (C=O) groups is 1. The van der Waals surface area contributed by atoms with Crippen LogP contribution in [0.5, 0.6) is 0 Å². The van der Waals surface area contributed by atoms with Gasteiger partial charge in [-0.3, -0.25) is 0 Å². The molecule has 6 heteroatoms. The van der Waals surface area contributed by atoms with Crippen molar-refractivity contribution >= 4 is 34.8 Å². The normalized spacial score (nSPS) is 11.6. The van der Waals surface area contributed by atoms with Crippen LogP contribution in [0, 0.1) is 0 Å². The summed E-state index contributed by atoms with van der Waals surface area (Å²) in [4.78, 5) is 16.0. The number of halogens is 1. The fourth-order valence-electron chi connectivity index (χ4n) is 1.84. The number of carbonyl (C=O) groups excluding carboxylic acids is 1. The monoisotopic (exact) mass is 319 g/mol. The molecule has 0 aliphatic rings. The predicted octanol–water partition coefficient (Wildman–Crippen LogP) is 3.84. The van der Waals surface area contributed by atoms with E-state index in [4.69, 9.17) is 16.3 Å². The summed E-state index contributed by atoms with van der Waals surface area (Å²) in [7, 11) is 0. The number of hydrogen-bond acceptors (Lipinski definition) is 5. The number of anilines is 3. The molecule has 5 nitrogen and oxygen atoms in total. The topological polar surface area (TPSA) is 63.2 Å². The highest BCUT2D eigenvalue weighted by Gasteiger charge is 2.15. The Hall–Kier alpha value is -2.27. The maximum atomic E-state index is 11.7. The van der Waals surface area contributed by atoms with E-state index in [-0.39, 0.29) is 5.97 Å². The van der Waals surface area contributed by atoms with Crippen LogP contribution >= 0.6 is 11.6 Å². The van der Waals surface area contributed by atoms with Crippen LogP contribution in [-0.4, -0.2) is 23.6 Å². The molecule has 0 aliphatic heterocycles. The summed E-state index contributed by atoms with van der Waals surface area (Å²) in [5.74, 6) is 0.267. The molecule has 0 bridgehead atoms. The van der Waals surface area contributed by atoms with Gasteiger partial charge in [0.15, 0.2) is 0 Å². The molecule has 22 heavy (non-hydrogen) atoms. The van der Waals surface area contributed by atoms with Gasteiger partial charge in [0.25, 0.3) is 0 Å². The van der Waals surface area contributed by atoms with Crippen molar-refractivity contribution in [2.45, 2.75) is 19.9 Å². The van der Waals surface area contributed by atoms with Crippen molar-refractivity contribution in [2.75, 3.05) is 17.2 Å². The fraction of sp³-hybridized carbons (Fsp3) is 0.250. The van der Waals surface area contributed by atoms with Crippen molar-refractivity contribution in [3.05, 3.63) is 47.6 Å². The van der Waals surface area contributed by atoms with Crippen molar-refractivity contribution in [1.29, 1.82) is 0 Å². The molecular formula is C16H18ClN3O2. The molecule has 2 aromatic rings. The molecule has 116 valence electrons. The van der Waals surface area contributed by atoms with Crippen LogP contribution in [0.1, 0.15) is 13.8 Å². The number of nitrogens with zero attached hydrogens (tertiary/aromatic N) is 1. The van der Waals surface area contributed by atoms with Gasteiger partial charge in [0.2, 0.25) is 0 Å². The summed E-state index contributed by atoms with van der Waals surface area (Å²) >= 11 is 5.88. The largest absolute Gasteiger partial charge is 0.464 e. The second-order valence-electron chi connectivity index (χ2n) is 4.65.